The maximum Gasteiger partial charge on any atom is 0.325 e. The average Bonchev–Trinajstić information content (AvgIpc) is 3.18. The molecule has 7 nitrogen and oxygen atoms in total. The zero-order valence-electron chi connectivity index (χ0n) is 17.6. The molecule has 1 spiro atoms. The van der Waals surface area contributed by atoms with Crippen LogP contribution in [0.3, 0.4) is 0 Å². The Labute approximate surface area is 168 Å². The zero-order chi connectivity index (χ0) is 20.3. The summed E-state index contributed by atoms with van der Waals surface area (Å²) < 4.78 is 0. The summed E-state index contributed by atoms with van der Waals surface area (Å²) in [6.07, 6.45) is 6.49. The molecule has 2 heterocycles. The Morgan fingerprint density at radius 1 is 1.18 bits per heavy atom. The molecule has 2 aliphatic heterocycles. The summed E-state index contributed by atoms with van der Waals surface area (Å²) in [5.41, 5.74) is -0.756. The molecule has 2 saturated heterocycles. The van der Waals surface area contributed by atoms with Gasteiger partial charge in [0, 0.05) is 19.6 Å². The van der Waals surface area contributed by atoms with Crippen molar-refractivity contribution in [2.75, 3.05) is 26.2 Å². The molecular formula is C21H36N4O3. The third kappa shape index (κ3) is 4.50. The number of unbranched alkanes of at least 4 members (excludes halogenated alkanes) is 1. The minimum atomic E-state index is -0.767. The fourth-order valence-corrected chi connectivity index (χ4v) is 5.22. The van der Waals surface area contributed by atoms with Crippen molar-refractivity contribution < 1.29 is 14.4 Å². The number of imide groups is 1. The minimum Gasteiger partial charge on any atom is -0.354 e. The van der Waals surface area contributed by atoms with Crippen LogP contribution in [0.5, 0.6) is 0 Å². The van der Waals surface area contributed by atoms with Gasteiger partial charge >= 0.3 is 6.03 Å². The maximum absolute atomic E-state index is 12.7. The SMILES string of the molecule is CC1CC(C)CN(CCCCNC(=O)C(C)N2C(=O)NC3(CCCC3)C2=O)C1. The van der Waals surface area contributed by atoms with Gasteiger partial charge in [-0.25, -0.2) is 9.69 Å². The van der Waals surface area contributed by atoms with E-state index in [1.54, 1.807) is 6.92 Å². The van der Waals surface area contributed by atoms with Gasteiger partial charge in [-0.3, -0.25) is 9.59 Å². The van der Waals surface area contributed by atoms with Crippen LogP contribution < -0.4 is 10.6 Å². The molecule has 0 radical (unpaired) electrons. The van der Waals surface area contributed by atoms with Gasteiger partial charge in [0.1, 0.15) is 11.6 Å². The molecule has 1 saturated carbocycles. The number of hydrogen-bond acceptors (Lipinski definition) is 4. The fraction of sp³-hybridized carbons (Fsp3) is 0.857. The summed E-state index contributed by atoms with van der Waals surface area (Å²) in [6, 6.07) is -1.20. The Balaban J connectivity index is 1.39. The van der Waals surface area contributed by atoms with Crippen molar-refractivity contribution in [3.05, 3.63) is 0 Å². The van der Waals surface area contributed by atoms with E-state index in [2.05, 4.69) is 29.4 Å². The van der Waals surface area contributed by atoms with E-state index in [4.69, 9.17) is 0 Å². The standard InChI is InChI=1S/C21H36N4O3/c1-15-12-16(2)14-24(13-15)11-7-6-10-22-18(26)17(3)25-19(27)21(23-20(25)28)8-4-5-9-21/h15-17H,4-14H2,1-3H3,(H,22,26)(H,23,28). The molecule has 0 aromatic heterocycles. The van der Waals surface area contributed by atoms with Crippen LogP contribution in [-0.2, 0) is 9.59 Å². The first-order chi connectivity index (χ1) is 13.3. The lowest BCUT2D eigenvalue weighted by atomic mass is 9.92. The monoisotopic (exact) mass is 392 g/mol. The number of likely N-dealkylation sites (tertiary alicyclic amines) is 1. The number of piperidine rings is 1. The van der Waals surface area contributed by atoms with Crippen molar-refractivity contribution in [2.24, 2.45) is 11.8 Å². The number of carbonyl (C=O) groups is 3. The van der Waals surface area contributed by atoms with E-state index >= 15 is 0 Å². The smallest absolute Gasteiger partial charge is 0.325 e. The molecule has 4 amide bonds. The third-order valence-corrected chi connectivity index (χ3v) is 6.56. The van der Waals surface area contributed by atoms with Crippen LogP contribution in [0.2, 0.25) is 0 Å². The van der Waals surface area contributed by atoms with Gasteiger partial charge in [-0.15, -0.1) is 0 Å². The highest BCUT2D eigenvalue weighted by atomic mass is 16.2. The Morgan fingerprint density at radius 3 is 2.46 bits per heavy atom. The molecule has 3 aliphatic rings. The van der Waals surface area contributed by atoms with Crippen molar-refractivity contribution >= 4 is 17.8 Å². The first kappa shape index (κ1) is 21.1. The van der Waals surface area contributed by atoms with Crippen LogP contribution >= 0.6 is 0 Å². The lowest BCUT2D eigenvalue weighted by Gasteiger charge is -2.34. The van der Waals surface area contributed by atoms with Gasteiger partial charge in [0.2, 0.25) is 5.91 Å². The van der Waals surface area contributed by atoms with Gasteiger partial charge in [0.05, 0.1) is 0 Å². The van der Waals surface area contributed by atoms with Gasteiger partial charge in [-0.1, -0.05) is 26.7 Å². The predicted molar refractivity (Wildman–Crippen MR) is 108 cm³/mol. The van der Waals surface area contributed by atoms with Crippen LogP contribution in [0.1, 0.15) is 65.7 Å². The van der Waals surface area contributed by atoms with Gasteiger partial charge in [0.15, 0.2) is 0 Å². The van der Waals surface area contributed by atoms with Crippen molar-refractivity contribution in [2.45, 2.75) is 77.3 Å². The predicted octanol–water partition coefficient (Wildman–Crippen LogP) is 2.11. The summed E-state index contributed by atoms with van der Waals surface area (Å²) in [6.45, 7) is 10.2. The lowest BCUT2D eigenvalue weighted by Crippen LogP contribution is -2.50. The van der Waals surface area contributed by atoms with Gasteiger partial charge < -0.3 is 15.5 Å². The molecule has 28 heavy (non-hydrogen) atoms. The van der Waals surface area contributed by atoms with Crippen LogP contribution in [0.25, 0.3) is 0 Å². The van der Waals surface area contributed by atoms with Crippen molar-refractivity contribution in [3.8, 4) is 0 Å². The number of urea groups is 1. The first-order valence-electron chi connectivity index (χ1n) is 11.0. The van der Waals surface area contributed by atoms with E-state index in [9.17, 15) is 14.4 Å². The summed E-state index contributed by atoms with van der Waals surface area (Å²) in [5, 5.41) is 5.74. The second kappa shape index (κ2) is 8.80. The largest absolute Gasteiger partial charge is 0.354 e. The van der Waals surface area contributed by atoms with Crippen LogP contribution in [-0.4, -0.2) is 65.4 Å². The Bertz CT molecular complexity index is 592. The third-order valence-electron chi connectivity index (χ3n) is 6.56. The van der Waals surface area contributed by atoms with Crippen LogP contribution in [0.4, 0.5) is 4.79 Å². The summed E-state index contributed by atoms with van der Waals surface area (Å²) in [4.78, 5) is 41.2. The quantitative estimate of drug-likeness (QED) is 0.514. The number of nitrogens with zero attached hydrogens (tertiary/aromatic N) is 2. The molecule has 0 aromatic carbocycles. The summed E-state index contributed by atoms with van der Waals surface area (Å²) >= 11 is 0. The molecule has 7 heteroatoms. The number of rotatable bonds is 7. The summed E-state index contributed by atoms with van der Waals surface area (Å²) in [7, 11) is 0. The number of hydrogen-bond donors (Lipinski definition) is 2. The van der Waals surface area contributed by atoms with Crippen molar-refractivity contribution in [1.82, 2.24) is 20.4 Å². The highest BCUT2D eigenvalue weighted by Crippen LogP contribution is 2.35. The Kier molecular flexibility index (Phi) is 6.63. The molecule has 158 valence electrons. The molecule has 3 rings (SSSR count). The molecule has 0 bridgehead atoms. The molecular weight excluding hydrogens is 356 g/mol. The molecule has 3 unspecified atom stereocenters. The van der Waals surface area contributed by atoms with Gasteiger partial charge in [-0.05, 0) is 57.4 Å². The molecule has 1 aliphatic carbocycles. The van der Waals surface area contributed by atoms with Crippen molar-refractivity contribution in [1.29, 1.82) is 0 Å². The number of carbonyl (C=O) groups excluding carboxylic acids is 3. The Morgan fingerprint density at radius 2 is 1.82 bits per heavy atom. The fourth-order valence-electron chi connectivity index (χ4n) is 5.22. The normalized spacial score (nSPS) is 28.6. The zero-order valence-corrected chi connectivity index (χ0v) is 17.6. The first-order valence-corrected chi connectivity index (χ1v) is 11.0. The second-order valence-corrected chi connectivity index (χ2v) is 9.27. The van der Waals surface area contributed by atoms with E-state index in [-0.39, 0.29) is 11.8 Å². The molecule has 0 aromatic rings. The number of amides is 4. The van der Waals surface area contributed by atoms with E-state index in [0.717, 1.165) is 49.0 Å². The lowest BCUT2D eigenvalue weighted by molar-refractivity contribution is -0.137. The summed E-state index contributed by atoms with van der Waals surface area (Å²) in [5.74, 6) is 1.04. The van der Waals surface area contributed by atoms with E-state index in [1.807, 2.05) is 0 Å². The van der Waals surface area contributed by atoms with E-state index in [0.29, 0.717) is 19.4 Å². The van der Waals surface area contributed by atoms with Crippen molar-refractivity contribution in [3.63, 3.8) is 0 Å². The molecule has 3 atom stereocenters. The molecule has 2 N–H and O–H groups in total. The highest BCUT2D eigenvalue weighted by Gasteiger charge is 2.54. The minimum absolute atomic E-state index is 0.231. The molecule has 3 fully saturated rings. The maximum atomic E-state index is 12.7. The van der Waals surface area contributed by atoms with Gasteiger partial charge in [0.25, 0.3) is 5.91 Å². The topological polar surface area (TPSA) is 81.8 Å². The van der Waals surface area contributed by atoms with E-state index in [1.165, 1.54) is 19.5 Å². The highest BCUT2D eigenvalue weighted by molar-refractivity contribution is 6.09. The van der Waals surface area contributed by atoms with Gasteiger partial charge in [-0.2, -0.15) is 0 Å². The van der Waals surface area contributed by atoms with Crippen LogP contribution in [0, 0.1) is 11.8 Å². The second-order valence-electron chi connectivity index (χ2n) is 9.27. The average molecular weight is 393 g/mol. The number of nitrogens with one attached hydrogen (secondary N) is 2. The Hall–Kier alpha value is -1.63. The van der Waals surface area contributed by atoms with Crippen LogP contribution in [0.15, 0.2) is 0 Å². The van der Waals surface area contributed by atoms with E-state index < -0.39 is 17.6 Å².